The van der Waals surface area contributed by atoms with Gasteiger partial charge in [0.1, 0.15) is 11.4 Å². The third-order valence-corrected chi connectivity index (χ3v) is 6.96. The van der Waals surface area contributed by atoms with Crippen molar-refractivity contribution in [2.45, 2.75) is 75.0 Å². The van der Waals surface area contributed by atoms with Crippen molar-refractivity contribution < 1.29 is 60.2 Å². The number of amides is 1. The zero-order valence-corrected chi connectivity index (χ0v) is 22.7. The Labute approximate surface area is 241 Å². The van der Waals surface area contributed by atoms with E-state index < -0.39 is 24.3 Å². The zero-order chi connectivity index (χ0) is 31.8. The van der Waals surface area contributed by atoms with Gasteiger partial charge >= 0.3 is 24.3 Å². The van der Waals surface area contributed by atoms with Gasteiger partial charge in [-0.2, -0.15) is 26.3 Å². The summed E-state index contributed by atoms with van der Waals surface area (Å²) < 4.78 is 75.2. The van der Waals surface area contributed by atoms with Gasteiger partial charge in [0.25, 0.3) is 5.91 Å². The van der Waals surface area contributed by atoms with Crippen molar-refractivity contribution in [2.75, 3.05) is 19.7 Å². The molecule has 2 unspecified atom stereocenters. The van der Waals surface area contributed by atoms with E-state index >= 15 is 0 Å². The molecule has 0 bridgehead atoms. The van der Waals surface area contributed by atoms with Crippen LogP contribution in [0.5, 0.6) is 0 Å². The summed E-state index contributed by atoms with van der Waals surface area (Å²) in [6.45, 7) is 2.51. The van der Waals surface area contributed by atoms with Gasteiger partial charge in [0, 0.05) is 43.5 Å². The first-order chi connectivity index (χ1) is 20.1. The maximum atomic E-state index is 13.1. The van der Waals surface area contributed by atoms with Crippen LogP contribution in [-0.2, 0) is 20.9 Å². The summed E-state index contributed by atoms with van der Waals surface area (Å²) in [6.07, 6.45) is 0.105. The van der Waals surface area contributed by atoms with Crippen LogP contribution in [0.3, 0.4) is 0 Å². The predicted octanol–water partition coefficient (Wildman–Crippen LogP) is 4.16. The minimum Gasteiger partial charge on any atom is -0.475 e. The van der Waals surface area contributed by atoms with Crippen LogP contribution in [-0.4, -0.2) is 86.8 Å². The average Bonchev–Trinajstić information content (AvgIpc) is 3.68. The van der Waals surface area contributed by atoms with Gasteiger partial charge in [-0.05, 0) is 37.3 Å². The van der Waals surface area contributed by atoms with Gasteiger partial charge in [-0.15, -0.1) is 0 Å². The van der Waals surface area contributed by atoms with E-state index in [1.54, 1.807) is 6.20 Å². The number of hydrogen-bond donors (Lipinski definition) is 3. The van der Waals surface area contributed by atoms with Crippen molar-refractivity contribution in [3.8, 4) is 0 Å². The third-order valence-electron chi connectivity index (χ3n) is 6.96. The second-order valence-corrected chi connectivity index (χ2v) is 10.2. The normalized spacial score (nSPS) is 22.1. The molecule has 1 spiro atoms. The number of rotatable bonds is 5. The third kappa shape index (κ3) is 9.91. The van der Waals surface area contributed by atoms with Crippen molar-refractivity contribution in [2.24, 2.45) is 0 Å². The molecule has 0 radical (unpaired) electrons. The Bertz CT molecular complexity index is 1210. The fourth-order valence-electron chi connectivity index (χ4n) is 4.70. The summed E-state index contributed by atoms with van der Waals surface area (Å²) in [5.74, 6) is -4.25. The minimum atomic E-state index is -5.08. The lowest BCUT2D eigenvalue weighted by molar-refractivity contribution is -0.193. The van der Waals surface area contributed by atoms with E-state index in [4.69, 9.17) is 29.1 Å². The predicted molar refractivity (Wildman–Crippen MR) is 134 cm³/mol. The number of nitrogens with zero attached hydrogens (tertiary/aromatic N) is 3. The Morgan fingerprint density at radius 1 is 1.05 bits per heavy atom. The number of halogens is 6. The number of morpholine rings is 1. The molecule has 1 aliphatic heterocycles. The fraction of sp³-hybridized carbons (Fsp3) is 0.577. The monoisotopic (exact) mass is 624 g/mol. The maximum Gasteiger partial charge on any atom is 0.490 e. The number of alkyl halides is 6. The molecule has 1 saturated heterocycles. The second kappa shape index (κ2) is 14.2. The molecule has 2 atom stereocenters. The van der Waals surface area contributed by atoms with E-state index in [9.17, 15) is 31.1 Å². The van der Waals surface area contributed by atoms with E-state index in [-0.39, 0.29) is 17.6 Å². The van der Waals surface area contributed by atoms with E-state index in [0.717, 1.165) is 50.0 Å². The topological polar surface area (TPSA) is 155 Å². The first-order valence-electron chi connectivity index (χ1n) is 13.2. The number of carbonyl (C=O) groups excluding carboxylic acids is 1. The number of hydrogen-bond acceptors (Lipinski definition) is 8. The summed E-state index contributed by atoms with van der Waals surface area (Å²) in [4.78, 5) is 37.0. The molecule has 3 heterocycles. The molecule has 17 heteroatoms. The summed E-state index contributed by atoms with van der Waals surface area (Å²) in [5, 5.41) is 22.0. The largest absolute Gasteiger partial charge is 0.490 e. The molecular formula is C26H30F6N4O7. The fourth-order valence-corrected chi connectivity index (χ4v) is 4.70. The van der Waals surface area contributed by atoms with Crippen LogP contribution in [0.25, 0.3) is 0 Å². The van der Waals surface area contributed by atoms with Crippen molar-refractivity contribution in [3.05, 3.63) is 47.6 Å². The molecule has 5 rings (SSSR count). The number of carboxylic acids is 2. The molecule has 1 amide bonds. The number of ether oxygens (including phenoxy) is 1. The molecule has 11 nitrogen and oxygen atoms in total. The highest BCUT2D eigenvalue weighted by Gasteiger charge is 2.46. The second-order valence-electron chi connectivity index (χ2n) is 10.2. The Hall–Kier alpha value is -3.73. The Kier molecular flexibility index (Phi) is 11.1. The molecule has 3 aliphatic rings. The van der Waals surface area contributed by atoms with Crippen LogP contribution in [0.2, 0.25) is 0 Å². The van der Waals surface area contributed by atoms with Crippen LogP contribution in [0.4, 0.5) is 26.3 Å². The van der Waals surface area contributed by atoms with E-state index in [0.29, 0.717) is 31.3 Å². The average molecular weight is 625 g/mol. The standard InChI is InChI=1S/C22H28N4O3.2C2HF3O2/c27-21(18-12-19(29-25-18)17-6-7-17)26-10-11-28-22(15-26)8-2-1-5-20(22)24-14-16-4-3-9-23-13-16;2*3-2(4,5)1(6)7/h3-4,9,12-13,17,20,24H,1-2,5-8,10-11,14-15H2;2*(H,6,7). The lowest BCUT2D eigenvalue weighted by atomic mass is 9.78. The Morgan fingerprint density at radius 2 is 1.70 bits per heavy atom. The van der Waals surface area contributed by atoms with Crippen molar-refractivity contribution in [1.82, 2.24) is 20.4 Å². The van der Waals surface area contributed by atoms with Crippen molar-refractivity contribution in [3.63, 3.8) is 0 Å². The van der Waals surface area contributed by atoms with Gasteiger partial charge < -0.3 is 29.7 Å². The van der Waals surface area contributed by atoms with Crippen LogP contribution in [0.1, 0.15) is 66.3 Å². The molecule has 238 valence electrons. The first kappa shape index (κ1) is 33.8. The highest BCUT2D eigenvalue weighted by molar-refractivity contribution is 5.92. The van der Waals surface area contributed by atoms with Crippen LogP contribution >= 0.6 is 0 Å². The summed E-state index contributed by atoms with van der Waals surface area (Å²) in [5.41, 5.74) is 1.25. The zero-order valence-electron chi connectivity index (χ0n) is 22.7. The number of pyridine rings is 1. The van der Waals surface area contributed by atoms with Crippen LogP contribution < -0.4 is 5.32 Å². The van der Waals surface area contributed by atoms with Gasteiger partial charge in [-0.1, -0.05) is 24.1 Å². The molecular weight excluding hydrogens is 594 g/mol. The maximum absolute atomic E-state index is 13.1. The highest BCUT2D eigenvalue weighted by Crippen LogP contribution is 2.40. The van der Waals surface area contributed by atoms with E-state index in [1.807, 2.05) is 23.2 Å². The Morgan fingerprint density at radius 3 is 2.26 bits per heavy atom. The van der Waals surface area contributed by atoms with Gasteiger partial charge in [0.2, 0.25) is 0 Å². The lowest BCUT2D eigenvalue weighted by Crippen LogP contribution is -2.64. The summed E-state index contributed by atoms with van der Waals surface area (Å²) in [6, 6.07) is 6.08. The van der Waals surface area contributed by atoms with Gasteiger partial charge in [0.15, 0.2) is 5.69 Å². The SMILES string of the molecule is O=C(O)C(F)(F)F.O=C(O)C(F)(F)F.O=C(c1cc(C2CC2)on1)N1CCOC2(CCCCC2NCc2cccnc2)C1. The van der Waals surface area contributed by atoms with Crippen molar-refractivity contribution >= 4 is 17.8 Å². The van der Waals surface area contributed by atoms with E-state index in [1.165, 1.54) is 6.42 Å². The van der Waals surface area contributed by atoms with Crippen molar-refractivity contribution in [1.29, 1.82) is 0 Å². The number of aliphatic carboxylic acids is 2. The van der Waals surface area contributed by atoms with Crippen LogP contribution in [0.15, 0.2) is 35.1 Å². The first-order valence-corrected chi connectivity index (χ1v) is 13.2. The number of nitrogens with one attached hydrogen (secondary N) is 1. The van der Waals surface area contributed by atoms with Gasteiger partial charge in [-0.25, -0.2) is 9.59 Å². The molecule has 2 aromatic rings. The summed E-state index contributed by atoms with van der Waals surface area (Å²) >= 11 is 0. The molecule has 2 saturated carbocycles. The minimum absolute atomic E-state index is 0.0418. The van der Waals surface area contributed by atoms with E-state index in [2.05, 4.69) is 21.5 Å². The molecule has 3 fully saturated rings. The highest BCUT2D eigenvalue weighted by atomic mass is 19.4. The van der Waals surface area contributed by atoms with Gasteiger partial charge in [-0.3, -0.25) is 9.78 Å². The lowest BCUT2D eigenvalue weighted by Gasteiger charge is -2.49. The number of aromatic nitrogens is 2. The number of carboxylic acid groups (broad SMARTS) is 2. The smallest absolute Gasteiger partial charge is 0.475 e. The number of carbonyl (C=O) groups is 3. The molecule has 3 N–H and O–H groups in total. The van der Waals surface area contributed by atoms with Crippen LogP contribution in [0, 0.1) is 0 Å². The molecule has 43 heavy (non-hydrogen) atoms. The molecule has 2 aliphatic carbocycles. The molecule has 2 aromatic heterocycles. The van der Waals surface area contributed by atoms with Gasteiger partial charge in [0.05, 0.1) is 13.2 Å². The molecule has 0 aromatic carbocycles. The summed E-state index contributed by atoms with van der Waals surface area (Å²) in [7, 11) is 0. The Balaban J connectivity index is 0.000000303. The quantitative estimate of drug-likeness (QED) is 0.413.